The van der Waals surface area contributed by atoms with Gasteiger partial charge in [0.1, 0.15) is 0 Å². The van der Waals surface area contributed by atoms with Crippen LogP contribution in [0, 0.1) is 11.7 Å². The third-order valence-electron chi connectivity index (χ3n) is 3.66. The third-order valence-corrected chi connectivity index (χ3v) is 3.66. The molecule has 0 spiro atoms. The Morgan fingerprint density at radius 1 is 1.25 bits per heavy atom. The van der Waals surface area contributed by atoms with Crippen LogP contribution >= 0.6 is 0 Å². The zero-order valence-corrected chi connectivity index (χ0v) is 13.1. The molecule has 0 atom stereocenters. The van der Waals surface area contributed by atoms with Crippen molar-refractivity contribution in [3.8, 4) is 5.75 Å². The number of alkyl halides is 4. The summed E-state index contributed by atoms with van der Waals surface area (Å²) >= 11 is 0. The van der Waals surface area contributed by atoms with Crippen LogP contribution in [-0.2, 0) is 15.9 Å². The van der Waals surface area contributed by atoms with Crippen molar-refractivity contribution in [3.05, 3.63) is 29.6 Å². The molecule has 0 unspecified atom stereocenters. The maximum absolute atomic E-state index is 14.2. The number of ether oxygens (including phenoxy) is 3. The highest BCUT2D eigenvalue weighted by Crippen LogP contribution is 2.32. The molecule has 0 N–H and O–H groups in total. The van der Waals surface area contributed by atoms with Gasteiger partial charge in [0.15, 0.2) is 11.6 Å². The maximum Gasteiger partial charge on any atom is 0.387 e. The Kier molecular flexibility index (Phi) is 6.40. The van der Waals surface area contributed by atoms with E-state index in [0.717, 1.165) is 31.0 Å². The highest BCUT2D eigenvalue weighted by molar-refractivity contribution is 5.30. The van der Waals surface area contributed by atoms with E-state index in [0.29, 0.717) is 0 Å². The van der Waals surface area contributed by atoms with Gasteiger partial charge >= 0.3 is 12.5 Å². The van der Waals surface area contributed by atoms with Crippen LogP contribution in [0.25, 0.3) is 0 Å². The molecule has 0 bridgehead atoms. The molecule has 1 aliphatic rings. The fourth-order valence-corrected chi connectivity index (χ4v) is 2.56. The molecular weight excluding hydrogens is 335 g/mol. The Labute approximate surface area is 136 Å². The summed E-state index contributed by atoms with van der Waals surface area (Å²) in [5.74, 6) is -5.10. The Balaban J connectivity index is 1.97. The molecule has 0 amide bonds. The third kappa shape index (κ3) is 5.04. The number of hydrogen-bond donors (Lipinski definition) is 0. The van der Waals surface area contributed by atoms with Gasteiger partial charge in [0.2, 0.25) is 6.29 Å². The Morgan fingerprint density at radius 2 is 1.92 bits per heavy atom. The SMILES string of the molecule is CCCC1COC(C(F)(F)Cc2ccc(OC(F)F)c(F)c2)OC1. The second-order valence-corrected chi connectivity index (χ2v) is 5.73. The van der Waals surface area contributed by atoms with Crippen molar-refractivity contribution < 1.29 is 36.2 Å². The van der Waals surface area contributed by atoms with Gasteiger partial charge in [0, 0.05) is 12.3 Å². The normalized spacial score (nSPS) is 22.0. The van der Waals surface area contributed by atoms with Crippen LogP contribution in [-0.4, -0.2) is 32.0 Å². The maximum atomic E-state index is 14.2. The lowest BCUT2D eigenvalue weighted by atomic mass is 10.0. The Morgan fingerprint density at radius 3 is 2.46 bits per heavy atom. The minimum absolute atomic E-state index is 0.0676. The average molecular weight is 354 g/mol. The fourth-order valence-electron chi connectivity index (χ4n) is 2.56. The lowest BCUT2D eigenvalue weighted by Gasteiger charge is -2.34. The summed E-state index contributed by atoms with van der Waals surface area (Å²) in [6.45, 7) is -0.837. The first-order chi connectivity index (χ1) is 11.3. The van der Waals surface area contributed by atoms with E-state index in [1.54, 1.807) is 0 Å². The minimum atomic E-state index is -3.37. The summed E-state index contributed by atoms with van der Waals surface area (Å²) in [6, 6.07) is 2.75. The first-order valence-corrected chi connectivity index (χ1v) is 7.66. The second-order valence-electron chi connectivity index (χ2n) is 5.73. The molecule has 3 nitrogen and oxygen atoms in total. The number of halogens is 5. The van der Waals surface area contributed by atoms with Crippen LogP contribution in [0.1, 0.15) is 25.3 Å². The van der Waals surface area contributed by atoms with Gasteiger partial charge in [-0.2, -0.15) is 8.78 Å². The molecule has 1 aromatic rings. The number of rotatable bonds is 7. The lowest BCUT2D eigenvalue weighted by molar-refractivity contribution is -0.290. The molecule has 0 aliphatic carbocycles. The molecule has 0 radical (unpaired) electrons. The molecule has 1 aliphatic heterocycles. The molecule has 136 valence electrons. The Hall–Kier alpha value is -1.41. The van der Waals surface area contributed by atoms with Crippen molar-refractivity contribution in [1.29, 1.82) is 0 Å². The lowest BCUT2D eigenvalue weighted by Crippen LogP contribution is -2.45. The number of benzene rings is 1. The summed E-state index contributed by atoms with van der Waals surface area (Å²) in [6.07, 6.45) is -0.798. The van der Waals surface area contributed by atoms with Crippen LogP contribution in [0.5, 0.6) is 5.75 Å². The standard InChI is InChI=1S/C16H19F5O3/c1-2-3-11-8-22-14(23-9-11)16(20,21)7-10-4-5-13(12(17)6-10)24-15(18)19/h4-6,11,14-15H,2-3,7-9H2,1H3. The van der Waals surface area contributed by atoms with Crippen molar-refractivity contribution in [2.45, 2.75) is 45.0 Å². The average Bonchev–Trinajstić information content (AvgIpc) is 2.50. The summed E-state index contributed by atoms with van der Waals surface area (Å²) in [5, 5.41) is 0. The zero-order valence-electron chi connectivity index (χ0n) is 13.1. The van der Waals surface area contributed by atoms with Crippen LogP contribution in [0.4, 0.5) is 22.0 Å². The summed E-state index contributed by atoms with van der Waals surface area (Å²) in [7, 11) is 0. The second kappa shape index (κ2) is 8.11. The molecule has 2 rings (SSSR count). The van der Waals surface area contributed by atoms with Crippen LogP contribution in [0.3, 0.4) is 0 Å². The van der Waals surface area contributed by atoms with E-state index in [9.17, 15) is 22.0 Å². The minimum Gasteiger partial charge on any atom is -0.432 e. The van der Waals surface area contributed by atoms with Crippen molar-refractivity contribution in [2.75, 3.05) is 13.2 Å². The summed E-state index contributed by atoms with van der Waals surface area (Å²) < 4.78 is 80.3. The first kappa shape index (κ1) is 18.9. The van der Waals surface area contributed by atoms with Crippen molar-refractivity contribution in [1.82, 2.24) is 0 Å². The molecule has 0 saturated carbocycles. The quantitative estimate of drug-likeness (QED) is 0.680. The largest absolute Gasteiger partial charge is 0.432 e. The molecule has 0 aromatic heterocycles. The topological polar surface area (TPSA) is 27.7 Å². The molecule has 24 heavy (non-hydrogen) atoms. The van der Waals surface area contributed by atoms with Gasteiger partial charge in [-0.1, -0.05) is 19.4 Å². The molecular formula is C16H19F5O3. The molecule has 1 saturated heterocycles. The van der Waals surface area contributed by atoms with Gasteiger partial charge < -0.3 is 14.2 Å². The fraction of sp³-hybridized carbons (Fsp3) is 0.625. The molecule has 1 aromatic carbocycles. The van der Waals surface area contributed by atoms with E-state index < -0.39 is 36.8 Å². The van der Waals surface area contributed by atoms with Crippen molar-refractivity contribution >= 4 is 0 Å². The van der Waals surface area contributed by atoms with Crippen molar-refractivity contribution in [3.63, 3.8) is 0 Å². The summed E-state index contributed by atoms with van der Waals surface area (Å²) in [4.78, 5) is 0. The first-order valence-electron chi connectivity index (χ1n) is 7.66. The smallest absolute Gasteiger partial charge is 0.387 e. The predicted octanol–water partition coefficient (Wildman–Crippen LogP) is 4.39. The van der Waals surface area contributed by atoms with Crippen LogP contribution in [0.15, 0.2) is 18.2 Å². The van der Waals surface area contributed by atoms with E-state index in [4.69, 9.17) is 9.47 Å². The monoisotopic (exact) mass is 354 g/mol. The van der Waals surface area contributed by atoms with E-state index in [1.807, 2.05) is 6.92 Å². The van der Waals surface area contributed by atoms with E-state index >= 15 is 0 Å². The van der Waals surface area contributed by atoms with Crippen LogP contribution in [0.2, 0.25) is 0 Å². The molecule has 1 heterocycles. The van der Waals surface area contributed by atoms with Gasteiger partial charge in [-0.05, 0) is 24.1 Å². The number of hydrogen-bond acceptors (Lipinski definition) is 3. The van der Waals surface area contributed by atoms with E-state index in [1.165, 1.54) is 0 Å². The summed E-state index contributed by atoms with van der Waals surface area (Å²) in [5.41, 5.74) is -0.0676. The van der Waals surface area contributed by atoms with Gasteiger partial charge in [-0.3, -0.25) is 0 Å². The van der Waals surface area contributed by atoms with Crippen molar-refractivity contribution in [2.24, 2.45) is 5.92 Å². The van der Waals surface area contributed by atoms with Crippen LogP contribution < -0.4 is 4.74 Å². The zero-order chi connectivity index (χ0) is 17.7. The molecule has 1 fully saturated rings. The van der Waals surface area contributed by atoms with Gasteiger partial charge in [0.25, 0.3) is 0 Å². The highest BCUT2D eigenvalue weighted by atomic mass is 19.3. The Bertz CT molecular complexity index is 530. The van der Waals surface area contributed by atoms with Gasteiger partial charge in [-0.15, -0.1) is 0 Å². The van der Waals surface area contributed by atoms with Gasteiger partial charge in [0.05, 0.1) is 13.2 Å². The predicted molar refractivity (Wildman–Crippen MR) is 75.8 cm³/mol. The van der Waals surface area contributed by atoms with E-state index in [2.05, 4.69) is 4.74 Å². The highest BCUT2D eigenvalue weighted by Gasteiger charge is 2.44. The molecule has 8 heteroatoms. The van der Waals surface area contributed by atoms with Gasteiger partial charge in [-0.25, -0.2) is 13.2 Å². The van der Waals surface area contributed by atoms with E-state index in [-0.39, 0.29) is 24.7 Å².